The summed E-state index contributed by atoms with van der Waals surface area (Å²) in [6, 6.07) is 2.41. The van der Waals surface area contributed by atoms with Crippen molar-refractivity contribution in [2.24, 2.45) is 0 Å². The highest BCUT2D eigenvalue weighted by molar-refractivity contribution is 9.10. The molecular formula is C9H5BrClF3O. The van der Waals surface area contributed by atoms with Crippen molar-refractivity contribution in [2.75, 3.05) is 0 Å². The van der Waals surface area contributed by atoms with Crippen molar-refractivity contribution in [3.63, 3.8) is 0 Å². The average molecular weight is 301 g/mol. The number of Topliss-reactive ketones (excluding diaryl/α,β-unsaturated/α-hetero) is 1. The maximum Gasteiger partial charge on any atom is 0.418 e. The summed E-state index contributed by atoms with van der Waals surface area (Å²) < 4.78 is 37.9. The summed E-state index contributed by atoms with van der Waals surface area (Å²) in [6.45, 7) is 1.06. The topological polar surface area (TPSA) is 17.1 Å². The predicted molar refractivity (Wildman–Crippen MR) is 54.2 cm³/mol. The zero-order chi connectivity index (χ0) is 11.8. The second-order valence-electron chi connectivity index (χ2n) is 2.83. The van der Waals surface area contributed by atoms with E-state index in [0.29, 0.717) is 0 Å². The molecule has 1 aromatic carbocycles. The van der Waals surface area contributed by atoms with E-state index in [1.165, 1.54) is 6.07 Å². The highest BCUT2D eigenvalue weighted by Gasteiger charge is 2.37. The predicted octanol–water partition coefficient (Wildman–Crippen LogP) is 4.32. The van der Waals surface area contributed by atoms with Gasteiger partial charge in [0.1, 0.15) is 0 Å². The lowest BCUT2D eigenvalue weighted by molar-refractivity contribution is -0.137. The molecule has 0 saturated heterocycles. The maximum absolute atomic E-state index is 12.6. The molecule has 0 heterocycles. The number of halogens is 5. The van der Waals surface area contributed by atoms with Gasteiger partial charge in [-0.25, -0.2) is 0 Å². The van der Waals surface area contributed by atoms with E-state index in [-0.39, 0.29) is 4.47 Å². The van der Waals surface area contributed by atoms with E-state index in [9.17, 15) is 18.0 Å². The Balaban J connectivity index is 3.60. The number of carbonyl (C=O) groups is 1. The van der Waals surface area contributed by atoms with E-state index in [0.717, 1.165) is 13.0 Å². The Bertz CT molecular complexity index is 415. The van der Waals surface area contributed by atoms with Gasteiger partial charge >= 0.3 is 6.18 Å². The lowest BCUT2D eigenvalue weighted by Crippen LogP contribution is -2.13. The first kappa shape index (κ1) is 12.5. The lowest BCUT2D eigenvalue weighted by Gasteiger charge is -2.13. The molecule has 82 valence electrons. The van der Waals surface area contributed by atoms with Gasteiger partial charge in [0, 0.05) is 10.0 Å². The zero-order valence-electron chi connectivity index (χ0n) is 7.45. The number of alkyl halides is 3. The van der Waals surface area contributed by atoms with Crippen LogP contribution < -0.4 is 0 Å². The molecule has 0 spiro atoms. The van der Waals surface area contributed by atoms with Gasteiger partial charge in [0.25, 0.3) is 0 Å². The zero-order valence-corrected chi connectivity index (χ0v) is 9.79. The maximum atomic E-state index is 12.6. The largest absolute Gasteiger partial charge is 0.418 e. The Labute approximate surface area is 97.4 Å². The number of benzene rings is 1. The Morgan fingerprint density at radius 2 is 1.93 bits per heavy atom. The normalized spacial score (nSPS) is 11.6. The second kappa shape index (κ2) is 4.14. The van der Waals surface area contributed by atoms with Gasteiger partial charge in [-0.2, -0.15) is 13.2 Å². The van der Waals surface area contributed by atoms with Crippen LogP contribution in [0.1, 0.15) is 22.8 Å². The minimum Gasteiger partial charge on any atom is -0.294 e. The molecule has 6 heteroatoms. The molecule has 0 N–H and O–H groups in total. The molecule has 1 nitrogen and oxygen atoms in total. The van der Waals surface area contributed by atoms with Crippen LogP contribution in [0.25, 0.3) is 0 Å². The van der Waals surface area contributed by atoms with Gasteiger partial charge in [-0.05, 0) is 19.1 Å². The molecule has 0 fully saturated rings. The molecule has 0 radical (unpaired) electrons. The Morgan fingerprint density at radius 1 is 1.40 bits per heavy atom. The third-order valence-electron chi connectivity index (χ3n) is 1.74. The molecular weight excluding hydrogens is 296 g/mol. The SMILES string of the molecule is CC(=O)c1c(Br)ccc(Cl)c1C(F)(F)F. The van der Waals surface area contributed by atoms with Crippen molar-refractivity contribution in [1.29, 1.82) is 0 Å². The van der Waals surface area contributed by atoms with Gasteiger partial charge in [-0.3, -0.25) is 4.79 Å². The molecule has 1 rings (SSSR count). The lowest BCUT2D eigenvalue weighted by atomic mass is 10.0. The summed E-state index contributed by atoms with van der Waals surface area (Å²) in [5.74, 6) is -0.684. The highest BCUT2D eigenvalue weighted by Crippen LogP contribution is 2.40. The Kier molecular flexibility index (Phi) is 3.45. The molecule has 0 aliphatic carbocycles. The van der Waals surface area contributed by atoms with E-state index in [2.05, 4.69) is 15.9 Å². The quantitative estimate of drug-likeness (QED) is 0.706. The van der Waals surface area contributed by atoms with Crippen LogP contribution in [0.4, 0.5) is 13.2 Å². The van der Waals surface area contributed by atoms with Crippen molar-refractivity contribution < 1.29 is 18.0 Å². The molecule has 0 saturated carbocycles. The molecule has 0 aliphatic heterocycles. The Morgan fingerprint density at radius 3 is 2.27 bits per heavy atom. The fourth-order valence-corrected chi connectivity index (χ4v) is 2.05. The van der Waals surface area contributed by atoms with E-state index >= 15 is 0 Å². The van der Waals surface area contributed by atoms with Gasteiger partial charge in [-0.15, -0.1) is 0 Å². The van der Waals surface area contributed by atoms with E-state index in [1.54, 1.807) is 0 Å². The van der Waals surface area contributed by atoms with E-state index < -0.39 is 28.1 Å². The smallest absolute Gasteiger partial charge is 0.294 e. The Hall–Kier alpha value is -0.550. The number of hydrogen-bond donors (Lipinski definition) is 0. The summed E-state index contributed by atoms with van der Waals surface area (Å²) in [6.07, 6.45) is -4.64. The highest BCUT2D eigenvalue weighted by atomic mass is 79.9. The summed E-state index contributed by atoms with van der Waals surface area (Å²) in [5.41, 5.74) is -1.53. The van der Waals surface area contributed by atoms with Crippen LogP contribution in [0.15, 0.2) is 16.6 Å². The number of ketones is 1. The van der Waals surface area contributed by atoms with Crippen LogP contribution in [0.2, 0.25) is 5.02 Å². The molecule has 0 aliphatic rings. The van der Waals surface area contributed by atoms with E-state index in [1.807, 2.05) is 0 Å². The molecule has 0 amide bonds. The van der Waals surface area contributed by atoms with Crippen LogP contribution in [0, 0.1) is 0 Å². The van der Waals surface area contributed by atoms with Crippen molar-refractivity contribution in [1.82, 2.24) is 0 Å². The number of hydrogen-bond acceptors (Lipinski definition) is 1. The fourth-order valence-electron chi connectivity index (χ4n) is 1.17. The first-order chi connectivity index (χ1) is 6.75. The molecule has 0 bridgehead atoms. The van der Waals surface area contributed by atoms with Gasteiger partial charge in [0.2, 0.25) is 0 Å². The van der Waals surface area contributed by atoms with Gasteiger partial charge in [0.15, 0.2) is 5.78 Å². The van der Waals surface area contributed by atoms with Crippen LogP contribution in [0.5, 0.6) is 0 Å². The minimum absolute atomic E-state index is 0.0896. The van der Waals surface area contributed by atoms with Crippen LogP contribution in [-0.2, 0) is 6.18 Å². The molecule has 0 unspecified atom stereocenters. The molecule has 0 atom stereocenters. The van der Waals surface area contributed by atoms with E-state index in [4.69, 9.17) is 11.6 Å². The van der Waals surface area contributed by atoms with Crippen LogP contribution >= 0.6 is 27.5 Å². The van der Waals surface area contributed by atoms with Gasteiger partial charge in [-0.1, -0.05) is 27.5 Å². The molecule has 15 heavy (non-hydrogen) atoms. The minimum atomic E-state index is -4.64. The van der Waals surface area contributed by atoms with Crippen molar-refractivity contribution >= 4 is 33.3 Å². The number of carbonyl (C=O) groups excluding carboxylic acids is 1. The molecule has 0 aromatic heterocycles. The third kappa shape index (κ3) is 2.52. The van der Waals surface area contributed by atoms with Crippen molar-refractivity contribution in [3.05, 3.63) is 32.8 Å². The third-order valence-corrected chi connectivity index (χ3v) is 2.71. The van der Waals surface area contributed by atoms with Gasteiger partial charge < -0.3 is 0 Å². The fraction of sp³-hybridized carbons (Fsp3) is 0.222. The summed E-state index contributed by atoms with van der Waals surface area (Å²) >= 11 is 8.33. The number of rotatable bonds is 1. The van der Waals surface area contributed by atoms with Crippen molar-refractivity contribution in [2.45, 2.75) is 13.1 Å². The first-order valence-electron chi connectivity index (χ1n) is 3.81. The second-order valence-corrected chi connectivity index (χ2v) is 4.09. The van der Waals surface area contributed by atoms with Crippen molar-refractivity contribution in [3.8, 4) is 0 Å². The van der Waals surface area contributed by atoms with Crippen LogP contribution in [0.3, 0.4) is 0 Å². The van der Waals surface area contributed by atoms with Crippen LogP contribution in [-0.4, -0.2) is 5.78 Å². The standard InChI is InChI=1S/C9H5BrClF3O/c1-4(15)7-5(10)2-3-6(11)8(7)9(12,13)14/h2-3H,1H3. The summed E-state index contributed by atoms with van der Waals surface area (Å²) in [5, 5.41) is -0.476. The monoisotopic (exact) mass is 300 g/mol. The summed E-state index contributed by atoms with van der Waals surface area (Å²) in [4.78, 5) is 11.1. The van der Waals surface area contributed by atoms with Gasteiger partial charge in [0.05, 0.1) is 10.6 Å². The molecule has 1 aromatic rings. The summed E-state index contributed by atoms with van der Waals surface area (Å²) in [7, 11) is 0. The average Bonchev–Trinajstić information content (AvgIpc) is 2.05. The first-order valence-corrected chi connectivity index (χ1v) is 4.98.